The van der Waals surface area contributed by atoms with E-state index < -0.39 is 11.7 Å². The molecule has 0 spiro atoms. The Kier molecular flexibility index (Phi) is 8.68. The second-order valence-electron chi connectivity index (χ2n) is 6.57. The molecule has 0 fully saturated rings. The number of ether oxygens (including phenoxy) is 1. The quantitative estimate of drug-likeness (QED) is 0.390. The Morgan fingerprint density at radius 2 is 1.84 bits per heavy atom. The number of alkyl carbamates (subject to hydrolysis) is 1. The summed E-state index contributed by atoms with van der Waals surface area (Å²) in [5.41, 5.74) is 0.705. The molecule has 0 aromatic carbocycles. The van der Waals surface area contributed by atoms with Crippen LogP contribution in [0.5, 0.6) is 0 Å². The second kappa shape index (κ2) is 10.2. The lowest BCUT2D eigenvalue weighted by Crippen LogP contribution is -2.42. The van der Waals surface area contributed by atoms with E-state index in [0.29, 0.717) is 19.0 Å². The van der Waals surface area contributed by atoms with E-state index in [1.807, 2.05) is 20.8 Å². The van der Waals surface area contributed by atoms with Crippen molar-refractivity contribution in [1.82, 2.24) is 20.9 Å². The number of hydrogen-bond donors (Lipinski definition) is 3. The molecule has 0 saturated heterocycles. The fourth-order valence-electron chi connectivity index (χ4n) is 2.09. The molecule has 0 aliphatic heterocycles. The maximum atomic E-state index is 11.5. The van der Waals surface area contributed by atoms with Gasteiger partial charge in [0.1, 0.15) is 5.60 Å². The summed E-state index contributed by atoms with van der Waals surface area (Å²) in [6, 6.07) is 0. The number of nitrogens with one attached hydrogen (secondary N) is 3. The van der Waals surface area contributed by atoms with Crippen LogP contribution in [0.3, 0.4) is 0 Å². The predicted octanol–water partition coefficient (Wildman–Crippen LogP) is 2.25. The number of hydrogen-bond acceptors (Lipinski definition) is 5. The fourth-order valence-corrected chi connectivity index (χ4v) is 3.11. The molecule has 0 saturated carbocycles. The van der Waals surface area contributed by atoms with Crippen molar-refractivity contribution in [2.45, 2.75) is 53.1 Å². The summed E-state index contributed by atoms with van der Waals surface area (Å²) in [5.74, 6) is 0.704. The Bertz CT molecular complexity index is 578. The fraction of sp³-hybridized carbons (Fsp3) is 0.706. The van der Waals surface area contributed by atoms with Gasteiger partial charge in [0, 0.05) is 38.0 Å². The summed E-state index contributed by atoms with van der Waals surface area (Å²) < 4.78 is 5.18. The molecule has 25 heavy (non-hydrogen) atoms. The van der Waals surface area contributed by atoms with E-state index in [2.05, 4.69) is 39.8 Å². The highest BCUT2D eigenvalue weighted by Gasteiger charge is 2.15. The SMILES string of the molecule is CCc1nc(CCNC(=NC)NCCNC(=O)OC(C)(C)C)sc1C. The number of amides is 1. The Hall–Kier alpha value is -1.83. The lowest BCUT2D eigenvalue weighted by atomic mass is 10.2. The minimum absolute atomic E-state index is 0.414. The minimum atomic E-state index is -0.485. The smallest absolute Gasteiger partial charge is 0.407 e. The number of aromatic nitrogens is 1. The molecule has 0 unspecified atom stereocenters. The summed E-state index contributed by atoms with van der Waals surface area (Å²) in [6.45, 7) is 11.5. The second-order valence-corrected chi connectivity index (χ2v) is 7.86. The van der Waals surface area contributed by atoms with Crippen molar-refractivity contribution in [1.29, 1.82) is 0 Å². The van der Waals surface area contributed by atoms with E-state index in [0.717, 1.165) is 24.4 Å². The highest BCUT2D eigenvalue weighted by molar-refractivity contribution is 7.11. The van der Waals surface area contributed by atoms with Crippen LogP contribution in [0, 0.1) is 6.92 Å². The summed E-state index contributed by atoms with van der Waals surface area (Å²) in [5, 5.41) is 10.2. The zero-order chi connectivity index (χ0) is 18.9. The minimum Gasteiger partial charge on any atom is -0.444 e. The molecule has 0 aliphatic rings. The van der Waals surface area contributed by atoms with Crippen LogP contribution in [-0.4, -0.2) is 49.3 Å². The molecule has 1 aromatic rings. The summed E-state index contributed by atoms with van der Waals surface area (Å²) >= 11 is 1.75. The van der Waals surface area contributed by atoms with Crippen LogP contribution in [0.2, 0.25) is 0 Å². The van der Waals surface area contributed by atoms with Crippen LogP contribution >= 0.6 is 11.3 Å². The van der Waals surface area contributed by atoms with Crippen molar-refractivity contribution in [2.75, 3.05) is 26.7 Å². The van der Waals surface area contributed by atoms with Gasteiger partial charge in [-0.1, -0.05) is 6.92 Å². The van der Waals surface area contributed by atoms with Gasteiger partial charge in [0.15, 0.2) is 5.96 Å². The van der Waals surface area contributed by atoms with Gasteiger partial charge in [0.25, 0.3) is 0 Å². The first-order valence-corrected chi connectivity index (χ1v) is 9.43. The molecule has 142 valence electrons. The third-order valence-corrected chi connectivity index (χ3v) is 4.29. The van der Waals surface area contributed by atoms with Gasteiger partial charge in [-0.25, -0.2) is 9.78 Å². The van der Waals surface area contributed by atoms with Crippen molar-refractivity contribution in [3.63, 3.8) is 0 Å². The van der Waals surface area contributed by atoms with Crippen LogP contribution in [0.1, 0.15) is 43.3 Å². The van der Waals surface area contributed by atoms with Crippen molar-refractivity contribution in [2.24, 2.45) is 4.99 Å². The first-order chi connectivity index (χ1) is 11.7. The number of aryl methyl sites for hydroxylation is 2. The summed E-state index contributed by atoms with van der Waals surface area (Å²) in [7, 11) is 1.72. The average Bonchev–Trinajstić information content (AvgIpc) is 2.87. The van der Waals surface area contributed by atoms with Crippen LogP contribution in [0.15, 0.2) is 4.99 Å². The van der Waals surface area contributed by atoms with E-state index in [1.165, 1.54) is 10.6 Å². The van der Waals surface area contributed by atoms with Gasteiger partial charge < -0.3 is 20.7 Å². The van der Waals surface area contributed by atoms with E-state index in [4.69, 9.17) is 4.74 Å². The Balaban J connectivity index is 2.23. The lowest BCUT2D eigenvalue weighted by Gasteiger charge is -2.19. The Morgan fingerprint density at radius 1 is 1.20 bits per heavy atom. The normalized spacial score (nSPS) is 12.0. The molecule has 1 rings (SSSR count). The molecule has 1 aromatic heterocycles. The molecule has 7 nitrogen and oxygen atoms in total. The molecule has 0 atom stereocenters. The van der Waals surface area contributed by atoms with Crippen LogP contribution in [0.25, 0.3) is 0 Å². The number of nitrogens with zero attached hydrogens (tertiary/aromatic N) is 2. The standard InChI is InChI=1S/C17H31N5O2S/c1-7-13-12(2)25-14(22-13)8-9-19-15(18-6)20-10-11-21-16(23)24-17(3,4)5/h7-11H2,1-6H3,(H,21,23)(H2,18,19,20). The van der Waals surface area contributed by atoms with Crippen LogP contribution in [0.4, 0.5) is 4.79 Å². The topological polar surface area (TPSA) is 87.6 Å². The zero-order valence-electron chi connectivity index (χ0n) is 16.2. The van der Waals surface area contributed by atoms with Gasteiger partial charge in [-0.15, -0.1) is 11.3 Å². The van der Waals surface area contributed by atoms with Crippen LogP contribution < -0.4 is 16.0 Å². The van der Waals surface area contributed by atoms with Crippen molar-refractivity contribution in [3.8, 4) is 0 Å². The molecular formula is C17H31N5O2S. The highest BCUT2D eigenvalue weighted by Crippen LogP contribution is 2.17. The molecule has 3 N–H and O–H groups in total. The van der Waals surface area contributed by atoms with Crippen molar-refractivity contribution in [3.05, 3.63) is 15.6 Å². The largest absolute Gasteiger partial charge is 0.444 e. The summed E-state index contributed by atoms with van der Waals surface area (Å²) in [6.07, 6.45) is 1.43. The highest BCUT2D eigenvalue weighted by atomic mass is 32.1. The van der Waals surface area contributed by atoms with Gasteiger partial charge in [0.2, 0.25) is 0 Å². The molecule has 1 heterocycles. The van der Waals surface area contributed by atoms with Gasteiger partial charge in [0.05, 0.1) is 10.7 Å². The monoisotopic (exact) mass is 369 g/mol. The Labute approximate surface area is 154 Å². The summed E-state index contributed by atoms with van der Waals surface area (Å²) in [4.78, 5) is 21.6. The first kappa shape index (κ1) is 21.2. The number of carbonyl (C=O) groups excluding carboxylic acids is 1. The van der Waals surface area contributed by atoms with E-state index in [-0.39, 0.29) is 0 Å². The van der Waals surface area contributed by atoms with Gasteiger partial charge in [-0.3, -0.25) is 4.99 Å². The molecule has 0 aliphatic carbocycles. The number of thiazole rings is 1. The van der Waals surface area contributed by atoms with Gasteiger partial charge in [-0.05, 0) is 34.1 Å². The molecule has 0 radical (unpaired) electrons. The van der Waals surface area contributed by atoms with Gasteiger partial charge in [-0.2, -0.15) is 0 Å². The van der Waals surface area contributed by atoms with E-state index >= 15 is 0 Å². The first-order valence-electron chi connectivity index (χ1n) is 8.61. The maximum Gasteiger partial charge on any atom is 0.407 e. The number of guanidine groups is 1. The molecular weight excluding hydrogens is 338 g/mol. The number of aliphatic imine (C=N–C) groups is 1. The van der Waals surface area contributed by atoms with Crippen LogP contribution in [-0.2, 0) is 17.6 Å². The predicted molar refractivity (Wildman–Crippen MR) is 104 cm³/mol. The molecule has 8 heteroatoms. The Morgan fingerprint density at radius 3 is 2.40 bits per heavy atom. The van der Waals surface area contributed by atoms with E-state index in [9.17, 15) is 4.79 Å². The third-order valence-electron chi connectivity index (χ3n) is 3.21. The average molecular weight is 370 g/mol. The lowest BCUT2D eigenvalue weighted by molar-refractivity contribution is 0.0529. The van der Waals surface area contributed by atoms with E-state index in [1.54, 1.807) is 18.4 Å². The molecule has 0 bridgehead atoms. The number of carbonyl (C=O) groups is 1. The van der Waals surface area contributed by atoms with Crippen molar-refractivity contribution >= 4 is 23.4 Å². The zero-order valence-corrected chi connectivity index (χ0v) is 17.0. The maximum absolute atomic E-state index is 11.5. The third kappa shape index (κ3) is 8.72. The number of rotatable bonds is 7. The molecule has 1 amide bonds. The van der Waals surface area contributed by atoms with Crippen molar-refractivity contribution < 1.29 is 9.53 Å². The van der Waals surface area contributed by atoms with Gasteiger partial charge >= 0.3 is 6.09 Å².